The lowest BCUT2D eigenvalue weighted by atomic mass is 10.0. The second-order valence-electron chi connectivity index (χ2n) is 28.6. The van der Waals surface area contributed by atoms with E-state index in [-0.39, 0.29) is 25.7 Å². The predicted octanol–water partition coefficient (Wildman–Crippen LogP) is 21.3. The number of carbonyl (C=O) groups is 4. The first-order valence-electron chi connectivity index (χ1n) is 38.2. The van der Waals surface area contributed by atoms with E-state index in [0.29, 0.717) is 37.5 Å². The zero-order chi connectivity index (χ0) is 68.9. The van der Waals surface area contributed by atoms with Crippen molar-refractivity contribution in [1.82, 2.24) is 0 Å². The lowest BCUT2D eigenvalue weighted by Gasteiger charge is -2.21. The van der Waals surface area contributed by atoms with Crippen molar-refractivity contribution in [3.8, 4) is 0 Å². The van der Waals surface area contributed by atoms with E-state index >= 15 is 0 Å². The highest BCUT2D eigenvalue weighted by atomic mass is 31.2. The summed E-state index contributed by atoms with van der Waals surface area (Å²) >= 11 is 0. The number of rotatable bonds is 71. The van der Waals surface area contributed by atoms with Crippen LogP contribution in [-0.4, -0.2) is 96.7 Å². The molecule has 0 aliphatic rings. The topological polar surface area (TPSA) is 237 Å². The van der Waals surface area contributed by atoms with Gasteiger partial charge in [-0.2, -0.15) is 0 Å². The smallest absolute Gasteiger partial charge is 0.462 e. The van der Waals surface area contributed by atoms with Crippen molar-refractivity contribution in [3.05, 3.63) is 0 Å². The molecule has 0 aromatic carbocycles. The number of phosphoric ester groups is 2. The average Bonchev–Trinajstić information content (AvgIpc) is 2.26. The van der Waals surface area contributed by atoms with Crippen LogP contribution in [0, 0.1) is 23.7 Å². The summed E-state index contributed by atoms with van der Waals surface area (Å²) in [6.45, 7) is 14.1. The van der Waals surface area contributed by atoms with Crippen molar-refractivity contribution in [2.24, 2.45) is 23.7 Å². The molecule has 0 aliphatic heterocycles. The van der Waals surface area contributed by atoms with Crippen LogP contribution in [0.5, 0.6) is 0 Å². The zero-order valence-electron chi connectivity index (χ0n) is 60.9. The molecule has 0 aromatic heterocycles. The van der Waals surface area contributed by atoms with Gasteiger partial charge in [-0.3, -0.25) is 37.3 Å². The molecule has 0 aromatic rings. The van der Waals surface area contributed by atoms with Crippen molar-refractivity contribution in [2.75, 3.05) is 39.6 Å². The molecule has 0 aliphatic carbocycles. The Bertz CT molecular complexity index is 1830. The number of aliphatic hydroxyl groups is 1. The van der Waals surface area contributed by atoms with E-state index in [1.165, 1.54) is 167 Å². The molecule has 19 heteroatoms. The lowest BCUT2D eigenvalue weighted by molar-refractivity contribution is -0.161. The van der Waals surface area contributed by atoms with Crippen LogP contribution in [-0.2, 0) is 65.4 Å². The number of unbranched alkanes of at least 4 members (excludes halogenated alkanes) is 37. The van der Waals surface area contributed by atoms with E-state index in [4.69, 9.17) is 37.0 Å². The summed E-state index contributed by atoms with van der Waals surface area (Å²) in [7, 11) is -9.91. The van der Waals surface area contributed by atoms with E-state index in [1.807, 2.05) is 0 Å². The van der Waals surface area contributed by atoms with Crippen molar-refractivity contribution in [3.63, 3.8) is 0 Å². The molecule has 3 unspecified atom stereocenters. The van der Waals surface area contributed by atoms with Crippen LogP contribution in [0.3, 0.4) is 0 Å². The second-order valence-corrected chi connectivity index (χ2v) is 31.5. The number of ether oxygens (including phenoxy) is 4. The van der Waals surface area contributed by atoms with Crippen molar-refractivity contribution in [1.29, 1.82) is 0 Å². The Hall–Kier alpha value is -1.94. The van der Waals surface area contributed by atoms with E-state index in [9.17, 15) is 43.2 Å². The quantitative estimate of drug-likeness (QED) is 0.0222. The molecule has 0 heterocycles. The number of esters is 4. The maximum absolute atomic E-state index is 13.1. The van der Waals surface area contributed by atoms with E-state index < -0.39 is 97.5 Å². The first kappa shape index (κ1) is 91.1. The maximum Gasteiger partial charge on any atom is 0.472 e. The summed E-state index contributed by atoms with van der Waals surface area (Å²) < 4.78 is 68.4. The molecule has 552 valence electrons. The molecule has 0 bridgehead atoms. The fourth-order valence-electron chi connectivity index (χ4n) is 11.2. The molecule has 0 amide bonds. The number of hydrogen-bond acceptors (Lipinski definition) is 15. The van der Waals surface area contributed by atoms with Crippen LogP contribution in [0.15, 0.2) is 0 Å². The molecular formula is C74H144O17P2. The highest BCUT2D eigenvalue weighted by molar-refractivity contribution is 7.47. The number of phosphoric acid groups is 2. The molecule has 5 atom stereocenters. The van der Waals surface area contributed by atoms with Crippen LogP contribution in [0.2, 0.25) is 0 Å². The number of aliphatic hydroxyl groups excluding tert-OH is 1. The summed E-state index contributed by atoms with van der Waals surface area (Å²) in [5.41, 5.74) is 0. The van der Waals surface area contributed by atoms with Gasteiger partial charge in [0.15, 0.2) is 12.2 Å². The molecule has 3 N–H and O–H groups in total. The maximum atomic E-state index is 13.1. The van der Waals surface area contributed by atoms with Crippen LogP contribution in [0.4, 0.5) is 0 Å². The van der Waals surface area contributed by atoms with Gasteiger partial charge in [0.1, 0.15) is 19.3 Å². The van der Waals surface area contributed by atoms with E-state index in [1.54, 1.807) is 0 Å². The van der Waals surface area contributed by atoms with Crippen LogP contribution < -0.4 is 0 Å². The Morgan fingerprint density at radius 2 is 0.452 bits per heavy atom. The molecule has 93 heavy (non-hydrogen) atoms. The Morgan fingerprint density at radius 3 is 0.667 bits per heavy atom. The summed E-state index contributed by atoms with van der Waals surface area (Å²) in [6, 6.07) is 0. The fourth-order valence-corrected chi connectivity index (χ4v) is 12.8. The normalized spacial score (nSPS) is 14.2. The van der Waals surface area contributed by atoms with Crippen LogP contribution in [0.1, 0.15) is 370 Å². The van der Waals surface area contributed by atoms with Gasteiger partial charge < -0.3 is 33.8 Å². The minimum Gasteiger partial charge on any atom is -0.462 e. The van der Waals surface area contributed by atoms with Crippen molar-refractivity contribution < 1.29 is 80.2 Å². The SMILES string of the molecule is CC(C)CCCCCCCCCCCCCCCCCCC(=O)OC[C@H](COP(=O)(O)OCC(O)COP(=O)(O)OC[C@@H](COC(=O)CCCCCCCCCC(C)C)OC(=O)CCCCCCCCC(C)C)OC(=O)CCCCCCCCCCCCCCC(C)C. The van der Waals surface area contributed by atoms with Crippen molar-refractivity contribution >= 4 is 39.5 Å². The van der Waals surface area contributed by atoms with Gasteiger partial charge in [0, 0.05) is 25.7 Å². The third kappa shape index (κ3) is 68.4. The minimum atomic E-state index is -4.96. The Kier molecular flexibility index (Phi) is 62.2. The summed E-state index contributed by atoms with van der Waals surface area (Å²) in [5.74, 6) is 0.835. The zero-order valence-corrected chi connectivity index (χ0v) is 62.7. The molecule has 17 nitrogen and oxygen atoms in total. The number of carbonyl (C=O) groups excluding carboxylic acids is 4. The average molecular weight is 1370 g/mol. The Labute approximate surface area is 568 Å². The third-order valence-corrected chi connectivity index (χ3v) is 19.0. The molecule has 0 rings (SSSR count). The molecule has 0 fully saturated rings. The van der Waals surface area contributed by atoms with Gasteiger partial charge in [-0.25, -0.2) is 9.13 Å². The third-order valence-electron chi connectivity index (χ3n) is 17.1. The van der Waals surface area contributed by atoms with Crippen LogP contribution in [0.25, 0.3) is 0 Å². The van der Waals surface area contributed by atoms with E-state index in [2.05, 4.69) is 55.4 Å². The van der Waals surface area contributed by atoms with Gasteiger partial charge in [0.05, 0.1) is 26.4 Å². The highest BCUT2D eigenvalue weighted by Gasteiger charge is 2.30. The summed E-state index contributed by atoms with van der Waals surface area (Å²) in [5, 5.41) is 10.6. The van der Waals surface area contributed by atoms with Gasteiger partial charge >= 0.3 is 39.5 Å². The molecule has 0 radical (unpaired) electrons. The minimum absolute atomic E-state index is 0.101. The van der Waals surface area contributed by atoms with Crippen molar-refractivity contribution in [2.45, 2.75) is 388 Å². The monoisotopic (exact) mass is 1370 g/mol. The summed E-state index contributed by atoms with van der Waals surface area (Å²) in [4.78, 5) is 72.6. The number of hydrogen-bond donors (Lipinski definition) is 3. The van der Waals surface area contributed by atoms with E-state index in [0.717, 1.165) is 108 Å². The Balaban J connectivity index is 5.20. The van der Waals surface area contributed by atoms with Gasteiger partial charge in [-0.1, -0.05) is 319 Å². The van der Waals surface area contributed by atoms with Gasteiger partial charge in [-0.05, 0) is 49.4 Å². The molecule has 0 saturated heterocycles. The van der Waals surface area contributed by atoms with Gasteiger partial charge in [-0.15, -0.1) is 0 Å². The molecule has 0 saturated carbocycles. The lowest BCUT2D eigenvalue weighted by Crippen LogP contribution is -2.30. The van der Waals surface area contributed by atoms with Gasteiger partial charge in [0.25, 0.3) is 0 Å². The first-order valence-corrected chi connectivity index (χ1v) is 41.2. The predicted molar refractivity (Wildman–Crippen MR) is 377 cm³/mol. The first-order chi connectivity index (χ1) is 44.6. The Morgan fingerprint density at radius 1 is 0.269 bits per heavy atom. The molecule has 0 spiro atoms. The second kappa shape index (κ2) is 63.5. The van der Waals surface area contributed by atoms with Crippen LogP contribution >= 0.6 is 15.6 Å². The largest absolute Gasteiger partial charge is 0.472 e. The summed E-state index contributed by atoms with van der Waals surface area (Å²) in [6.07, 6.45) is 47.5. The standard InChI is InChI=1S/C74H144O17P2/c1-64(2)50-42-34-26-21-17-13-11-9-10-12-14-19-23-29-38-46-54-71(76)84-60-69(90-73(78)56-48-40-30-24-20-16-15-18-22-27-35-43-51-65(3)4)62-88-92(80,81)86-58-68(75)59-87-93(82,83)89-63-70(91-74(79)57-49-41-33-32-37-45-53-67(7)8)61-85-72(77)55-47-39-31-25-28-36-44-52-66(5)6/h64-70,75H,9-63H2,1-8H3,(H,80,81)(H,82,83)/t68?,69-,70-/m1/s1. The highest BCUT2D eigenvalue weighted by Crippen LogP contribution is 2.45. The van der Waals surface area contributed by atoms with Gasteiger partial charge in [0.2, 0.25) is 0 Å². The molecular weight excluding hydrogens is 1220 g/mol. The fraction of sp³-hybridized carbons (Fsp3) is 0.946.